The van der Waals surface area contributed by atoms with Crippen LogP contribution in [0.3, 0.4) is 0 Å². The highest BCUT2D eigenvalue weighted by Gasteiger charge is 2.23. The predicted molar refractivity (Wildman–Crippen MR) is 199 cm³/mol. The van der Waals surface area contributed by atoms with Crippen molar-refractivity contribution in [2.24, 2.45) is 10.3 Å². The molecule has 4 rings (SSSR count). The summed E-state index contributed by atoms with van der Waals surface area (Å²) in [6, 6.07) is 25.0. The van der Waals surface area contributed by atoms with Crippen LogP contribution in [0.4, 0.5) is 0 Å². The number of rotatable bonds is 14. The summed E-state index contributed by atoms with van der Waals surface area (Å²) in [5.41, 5.74) is 0. The van der Waals surface area contributed by atoms with Crippen molar-refractivity contribution in [3.05, 3.63) is 97.1 Å². The number of hydrogen-bond donors (Lipinski definition) is 0. The van der Waals surface area contributed by atoms with Crippen molar-refractivity contribution in [3.63, 3.8) is 0 Å². The number of carbonyl (C=O) groups is 2. The first-order chi connectivity index (χ1) is 25.4. The van der Waals surface area contributed by atoms with Gasteiger partial charge in [-0.3, -0.25) is 8.57 Å². The third-order valence-electron chi connectivity index (χ3n) is 6.35. The van der Waals surface area contributed by atoms with E-state index in [2.05, 4.69) is 10.3 Å². The van der Waals surface area contributed by atoms with E-state index in [-0.39, 0.29) is 33.1 Å². The second-order valence-corrected chi connectivity index (χ2v) is 16.2. The van der Waals surface area contributed by atoms with Gasteiger partial charge in [-0.2, -0.15) is 16.8 Å². The number of esters is 2. The lowest BCUT2D eigenvalue weighted by Gasteiger charge is -2.08. The van der Waals surface area contributed by atoms with Crippen LogP contribution in [-0.4, -0.2) is 66.3 Å². The number of thioether (sulfide) groups is 2. The third kappa shape index (κ3) is 12.2. The van der Waals surface area contributed by atoms with Gasteiger partial charge >= 0.3 is 32.2 Å². The molecule has 0 saturated heterocycles. The molecule has 53 heavy (non-hydrogen) atoms. The Kier molecular flexibility index (Phi) is 15.0. The van der Waals surface area contributed by atoms with E-state index >= 15 is 0 Å². The fourth-order valence-corrected chi connectivity index (χ4v) is 7.62. The summed E-state index contributed by atoms with van der Waals surface area (Å²) >= 11 is 3.14. The maximum absolute atomic E-state index is 12.7. The number of oxime groups is 2. The number of benzene rings is 4. The fourth-order valence-electron chi connectivity index (χ4n) is 3.83. The second-order valence-electron chi connectivity index (χ2n) is 9.89. The molecule has 0 spiro atoms. The molecule has 0 heterocycles. The predicted octanol–water partition coefficient (Wildman–Crippen LogP) is 6.60. The zero-order chi connectivity index (χ0) is 38.4. The zero-order valence-electron chi connectivity index (χ0n) is 28.5. The molecule has 0 saturated carbocycles. The number of carbonyl (C=O) groups excluding carboxylic acids is 2. The van der Waals surface area contributed by atoms with E-state index in [9.17, 15) is 26.4 Å². The number of nitrogens with zero attached hydrogens (tertiary/aromatic N) is 2. The van der Waals surface area contributed by atoms with Gasteiger partial charge in [-0.05, 0) is 111 Å². The molecule has 0 atom stereocenters. The standard InChI is InChI=1S/C34H32N2O12S5/c1-5-45-33(37)31(35-47-52(39,40)29-19-7-23(43-3)8-20-29)50-27-15-11-25(12-16-27)49-26-13-17-28(18-14-26)51-32(34(38)46-6-2)36-48-53(41,42)30-21-9-24(44-4)10-22-30/h7-22H,5-6H2,1-4H3. The molecule has 0 aliphatic heterocycles. The largest absolute Gasteiger partial charge is 0.497 e. The van der Waals surface area contributed by atoms with Gasteiger partial charge in [0.05, 0.1) is 27.4 Å². The average Bonchev–Trinajstić information content (AvgIpc) is 3.16. The Hall–Kier alpha value is -4.69. The zero-order valence-corrected chi connectivity index (χ0v) is 32.6. The maximum Gasteiger partial charge on any atom is 0.367 e. The molecule has 14 nitrogen and oxygen atoms in total. The summed E-state index contributed by atoms with van der Waals surface area (Å²) < 4.78 is 80.4. The van der Waals surface area contributed by atoms with Gasteiger partial charge < -0.3 is 18.9 Å². The molecule has 4 aromatic carbocycles. The lowest BCUT2D eigenvalue weighted by Crippen LogP contribution is -2.16. The first kappa shape index (κ1) is 41.1. The van der Waals surface area contributed by atoms with Crippen LogP contribution < -0.4 is 9.47 Å². The highest BCUT2D eigenvalue weighted by molar-refractivity contribution is 8.16. The van der Waals surface area contributed by atoms with Crippen molar-refractivity contribution in [1.82, 2.24) is 0 Å². The SMILES string of the molecule is CCOC(=O)C(=NOS(=O)(=O)c1ccc(OC)cc1)Sc1ccc(Sc2ccc(SC(=NOS(=O)(=O)c3ccc(OC)cc3)C(=O)OCC)cc2)cc1. The van der Waals surface area contributed by atoms with Gasteiger partial charge in [0.15, 0.2) is 0 Å². The van der Waals surface area contributed by atoms with Gasteiger partial charge in [-0.15, -0.1) is 0 Å². The van der Waals surface area contributed by atoms with Crippen LogP contribution in [0.1, 0.15) is 13.8 Å². The minimum atomic E-state index is -4.33. The van der Waals surface area contributed by atoms with Crippen LogP contribution in [0.2, 0.25) is 0 Å². The van der Waals surface area contributed by atoms with Gasteiger partial charge in [-0.25, -0.2) is 9.59 Å². The van der Waals surface area contributed by atoms with E-state index in [4.69, 9.17) is 27.5 Å². The molecular formula is C34H32N2O12S5. The summed E-state index contributed by atoms with van der Waals surface area (Å²) in [5.74, 6) is -0.819. The van der Waals surface area contributed by atoms with E-state index in [1.165, 1.54) is 74.5 Å². The Balaban J connectivity index is 1.42. The fraction of sp³-hybridized carbons (Fsp3) is 0.176. The minimum absolute atomic E-state index is 0.0354. The Bertz CT molecular complexity index is 1990. The summed E-state index contributed by atoms with van der Waals surface area (Å²) in [6.07, 6.45) is 0. The Morgan fingerprint density at radius 1 is 0.528 bits per heavy atom. The molecule has 0 aliphatic carbocycles. The van der Waals surface area contributed by atoms with E-state index in [0.717, 1.165) is 33.3 Å². The molecule has 0 amide bonds. The van der Waals surface area contributed by atoms with Crippen LogP contribution in [0.25, 0.3) is 0 Å². The van der Waals surface area contributed by atoms with Crippen molar-refractivity contribution in [2.75, 3.05) is 27.4 Å². The van der Waals surface area contributed by atoms with E-state index in [0.29, 0.717) is 21.3 Å². The molecule has 0 N–H and O–H groups in total. The molecule has 0 aliphatic rings. The third-order valence-corrected chi connectivity index (χ3v) is 11.5. The smallest absolute Gasteiger partial charge is 0.367 e. The normalized spacial score (nSPS) is 12.1. The van der Waals surface area contributed by atoms with Gasteiger partial charge in [0, 0.05) is 19.6 Å². The maximum atomic E-state index is 12.7. The monoisotopic (exact) mass is 820 g/mol. The molecule has 0 bridgehead atoms. The van der Waals surface area contributed by atoms with Crippen molar-refractivity contribution < 1.29 is 53.9 Å². The first-order valence-corrected chi connectivity index (χ1v) is 20.5. The summed E-state index contributed by atoms with van der Waals surface area (Å²) in [5, 5.41) is 6.57. The summed E-state index contributed by atoms with van der Waals surface area (Å²) in [4.78, 5) is 27.6. The number of ether oxygens (including phenoxy) is 4. The lowest BCUT2D eigenvalue weighted by atomic mass is 10.3. The van der Waals surface area contributed by atoms with Gasteiger partial charge in [-0.1, -0.05) is 45.6 Å². The van der Waals surface area contributed by atoms with E-state index < -0.39 is 32.2 Å². The first-order valence-electron chi connectivity index (χ1n) is 15.3. The van der Waals surface area contributed by atoms with Crippen molar-refractivity contribution in [3.8, 4) is 11.5 Å². The van der Waals surface area contributed by atoms with Gasteiger partial charge in [0.2, 0.25) is 10.1 Å². The van der Waals surface area contributed by atoms with Crippen molar-refractivity contribution in [1.29, 1.82) is 0 Å². The Morgan fingerprint density at radius 3 is 1.15 bits per heavy atom. The van der Waals surface area contributed by atoms with E-state index in [1.807, 2.05) is 0 Å². The van der Waals surface area contributed by atoms with Crippen LogP contribution in [0.15, 0.2) is 137 Å². The Morgan fingerprint density at radius 2 is 0.849 bits per heavy atom. The molecule has 0 aromatic heterocycles. The second kappa shape index (κ2) is 19.4. The van der Waals surface area contributed by atoms with Gasteiger partial charge in [0.1, 0.15) is 21.3 Å². The van der Waals surface area contributed by atoms with Crippen LogP contribution in [0, 0.1) is 0 Å². The average molecular weight is 821 g/mol. The number of methoxy groups -OCH3 is 2. The van der Waals surface area contributed by atoms with Crippen LogP contribution >= 0.6 is 35.3 Å². The minimum Gasteiger partial charge on any atom is -0.497 e. The highest BCUT2D eigenvalue weighted by Crippen LogP contribution is 2.32. The molecular weight excluding hydrogens is 789 g/mol. The van der Waals surface area contributed by atoms with Crippen LogP contribution in [-0.2, 0) is 47.9 Å². The quantitative estimate of drug-likeness (QED) is 0.0436. The van der Waals surface area contributed by atoms with Crippen molar-refractivity contribution >= 4 is 77.5 Å². The summed E-state index contributed by atoms with van der Waals surface area (Å²) in [6.45, 7) is 3.28. The molecule has 280 valence electrons. The Labute approximate surface area is 319 Å². The van der Waals surface area contributed by atoms with E-state index in [1.54, 1.807) is 62.4 Å². The molecule has 0 fully saturated rings. The summed E-state index contributed by atoms with van der Waals surface area (Å²) in [7, 11) is -5.77. The molecule has 0 unspecified atom stereocenters. The molecule has 4 aromatic rings. The number of hydrogen-bond acceptors (Lipinski definition) is 17. The highest BCUT2D eigenvalue weighted by atomic mass is 32.2. The van der Waals surface area contributed by atoms with Gasteiger partial charge in [0.25, 0.3) is 0 Å². The molecule has 19 heteroatoms. The molecule has 0 radical (unpaired) electrons. The lowest BCUT2D eigenvalue weighted by molar-refractivity contribution is -0.135. The van der Waals surface area contributed by atoms with Crippen LogP contribution in [0.5, 0.6) is 11.5 Å². The van der Waals surface area contributed by atoms with Crippen molar-refractivity contribution in [2.45, 2.75) is 43.2 Å². The topological polar surface area (TPSA) is 183 Å².